The molecule has 0 radical (unpaired) electrons. The summed E-state index contributed by atoms with van der Waals surface area (Å²) in [6.45, 7) is 15.2. The minimum atomic E-state index is -0.134. The van der Waals surface area contributed by atoms with Crippen LogP contribution in [0.5, 0.6) is 0 Å². The molecule has 0 aromatic heterocycles. The van der Waals surface area contributed by atoms with Crippen LogP contribution in [0.3, 0.4) is 0 Å². The van der Waals surface area contributed by atoms with Crippen molar-refractivity contribution in [3.63, 3.8) is 0 Å². The largest absolute Gasteiger partial charge is 0.466 e. The second kappa shape index (κ2) is 22.3. The van der Waals surface area contributed by atoms with Crippen molar-refractivity contribution in [2.45, 2.75) is 113 Å². The third-order valence-electron chi connectivity index (χ3n) is 5.48. The summed E-state index contributed by atoms with van der Waals surface area (Å²) < 4.78 is 9.48. The fourth-order valence-electron chi connectivity index (χ4n) is 4.51. The summed E-state index contributed by atoms with van der Waals surface area (Å²) in [5.74, 6) is -0.222. The number of nitrogens with one attached hydrogen (secondary N) is 2. The molecule has 0 spiro atoms. The highest BCUT2D eigenvalue weighted by molar-refractivity contribution is 5.69. The Labute approximate surface area is 211 Å². The van der Waals surface area contributed by atoms with Crippen molar-refractivity contribution in [1.82, 2.24) is 10.6 Å². The molecule has 1 rings (SSSR count). The summed E-state index contributed by atoms with van der Waals surface area (Å²) in [4.78, 5) is 21.1. The number of carbonyl (C=O) groups is 2. The van der Waals surface area contributed by atoms with Gasteiger partial charge in [0.15, 0.2) is 0 Å². The molecule has 2 atom stereocenters. The number of ether oxygens (including phenoxy) is 2. The second-order valence-electron chi connectivity index (χ2n) is 10.0. The molecule has 3 N–H and O–H groups in total. The van der Waals surface area contributed by atoms with E-state index in [0.717, 1.165) is 25.8 Å². The first-order valence-electron chi connectivity index (χ1n) is 12.8. The van der Waals surface area contributed by atoms with E-state index in [1.54, 1.807) is 0 Å². The molecule has 1 saturated carbocycles. The zero-order valence-electron chi connectivity index (χ0n) is 22.8. The summed E-state index contributed by atoms with van der Waals surface area (Å²) in [5, 5.41) is 15.2. The van der Waals surface area contributed by atoms with Gasteiger partial charge in [0.05, 0.1) is 13.2 Å². The maximum Gasteiger partial charge on any atom is 0.305 e. The molecule has 7 heteroatoms. The molecule has 1 aliphatic carbocycles. The monoisotopic (exact) mass is 490 g/mol. The molecule has 0 heterocycles. The summed E-state index contributed by atoms with van der Waals surface area (Å²) in [7, 11) is 4.15. The summed E-state index contributed by atoms with van der Waals surface area (Å²) >= 11 is 0. The van der Waals surface area contributed by atoms with Gasteiger partial charge in [0, 0.05) is 32.0 Å². The number of aliphatic hydroxyl groups excluding tert-OH is 1. The smallest absolute Gasteiger partial charge is 0.305 e. The van der Waals surface area contributed by atoms with Crippen LogP contribution in [-0.4, -0.2) is 63.5 Å². The Hall–Kier alpha value is -1.18. The summed E-state index contributed by atoms with van der Waals surface area (Å²) in [6, 6.07) is 0.692. The first-order chi connectivity index (χ1) is 15.5. The third-order valence-corrected chi connectivity index (χ3v) is 5.48. The second-order valence-corrected chi connectivity index (χ2v) is 10.0. The zero-order chi connectivity index (χ0) is 25.8. The maximum absolute atomic E-state index is 10.7. The van der Waals surface area contributed by atoms with E-state index in [0.29, 0.717) is 49.3 Å². The van der Waals surface area contributed by atoms with Gasteiger partial charge in [-0.15, -0.1) is 0 Å². The standard InChI is InChI=1S/C12H26N2.C8H16O3.C6H12O2.CH4/c1-11(2)6-10(14-5)7-12(3,8-11)9-13-4;1-2-5-8(10)11-7-4-3-6-9;1-3-5-6(7)8-4-2;/h10,13-14H,6-9H2,1-5H3;9H,2-7H2,1H3;3-5H2,1-2H3;1H4. The molecule has 0 aromatic rings. The lowest BCUT2D eigenvalue weighted by molar-refractivity contribution is -0.144. The van der Waals surface area contributed by atoms with E-state index in [1.165, 1.54) is 19.3 Å². The number of aliphatic hydroxyl groups is 1. The Morgan fingerprint density at radius 3 is 1.94 bits per heavy atom. The van der Waals surface area contributed by atoms with E-state index in [2.05, 4.69) is 50.2 Å². The fourth-order valence-corrected chi connectivity index (χ4v) is 4.51. The minimum absolute atomic E-state index is 0. The van der Waals surface area contributed by atoms with Crippen LogP contribution in [0.4, 0.5) is 0 Å². The van der Waals surface area contributed by atoms with Gasteiger partial charge in [-0.1, -0.05) is 42.0 Å². The molecule has 7 nitrogen and oxygen atoms in total. The molecule has 1 fully saturated rings. The highest BCUT2D eigenvalue weighted by atomic mass is 16.5. The van der Waals surface area contributed by atoms with E-state index >= 15 is 0 Å². The Morgan fingerprint density at radius 2 is 1.50 bits per heavy atom. The summed E-state index contributed by atoms with van der Waals surface area (Å²) in [6.07, 6.45) is 8.16. The molecule has 206 valence electrons. The Balaban J connectivity index is -0.000000435. The molecule has 0 aliphatic heterocycles. The van der Waals surface area contributed by atoms with E-state index in [1.807, 2.05) is 20.8 Å². The zero-order valence-corrected chi connectivity index (χ0v) is 22.8. The average molecular weight is 491 g/mol. The Kier molecular flexibility index (Phi) is 24.5. The van der Waals surface area contributed by atoms with E-state index in [-0.39, 0.29) is 26.0 Å². The van der Waals surface area contributed by atoms with Crippen LogP contribution in [-0.2, 0) is 19.1 Å². The van der Waals surface area contributed by atoms with Gasteiger partial charge in [-0.3, -0.25) is 9.59 Å². The molecular formula is C27H58N2O5. The van der Waals surface area contributed by atoms with E-state index in [4.69, 9.17) is 9.84 Å². The molecule has 0 amide bonds. The lowest BCUT2D eigenvalue weighted by Gasteiger charge is -2.46. The van der Waals surface area contributed by atoms with E-state index in [9.17, 15) is 9.59 Å². The molecule has 2 unspecified atom stereocenters. The third kappa shape index (κ3) is 21.4. The van der Waals surface area contributed by atoms with Gasteiger partial charge in [0.2, 0.25) is 0 Å². The molecule has 1 aliphatic rings. The van der Waals surface area contributed by atoms with Crippen molar-refractivity contribution in [3.8, 4) is 0 Å². The van der Waals surface area contributed by atoms with Crippen LogP contribution >= 0.6 is 0 Å². The van der Waals surface area contributed by atoms with Crippen LogP contribution in [0.1, 0.15) is 107 Å². The highest BCUT2D eigenvalue weighted by Gasteiger charge is 2.40. The van der Waals surface area contributed by atoms with Crippen molar-refractivity contribution in [2.75, 3.05) is 40.5 Å². The van der Waals surface area contributed by atoms with Crippen LogP contribution < -0.4 is 10.6 Å². The van der Waals surface area contributed by atoms with Crippen LogP contribution in [0.2, 0.25) is 0 Å². The van der Waals surface area contributed by atoms with Gasteiger partial charge >= 0.3 is 11.9 Å². The van der Waals surface area contributed by atoms with Crippen molar-refractivity contribution >= 4 is 11.9 Å². The number of carbonyl (C=O) groups excluding carboxylic acids is 2. The van der Waals surface area contributed by atoms with Gasteiger partial charge in [0.1, 0.15) is 0 Å². The van der Waals surface area contributed by atoms with Gasteiger partial charge in [-0.05, 0) is 76.8 Å². The van der Waals surface area contributed by atoms with E-state index < -0.39 is 0 Å². The van der Waals surface area contributed by atoms with Crippen molar-refractivity contribution in [3.05, 3.63) is 0 Å². The molecule has 34 heavy (non-hydrogen) atoms. The Morgan fingerprint density at radius 1 is 0.941 bits per heavy atom. The SMILES string of the molecule is C.CCCC(=O)OCC.CCCC(=O)OCCCCO.CNCC1(C)CC(NC)CC(C)(C)C1. The topological polar surface area (TPSA) is 96.9 Å². The highest BCUT2D eigenvalue weighted by Crippen LogP contribution is 2.45. The van der Waals surface area contributed by atoms with Crippen molar-refractivity contribution in [2.24, 2.45) is 10.8 Å². The first-order valence-corrected chi connectivity index (χ1v) is 12.8. The number of rotatable bonds is 12. The van der Waals surface area contributed by atoms with Crippen LogP contribution in [0.15, 0.2) is 0 Å². The lowest BCUT2D eigenvalue weighted by Crippen LogP contribution is -2.47. The fraction of sp³-hybridized carbons (Fsp3) is 0.926. The number of hydrogen-bond acceptors (Lipinski definition) is 7. The maximum atomic E-state index is 10.7. The summed E-state index contributed by atoms with van der Waals surface area (Å²) in [5.41, 5.74) is 0.946. The number of hydrogen-bond donors (Lipinski definition) is 3. The normalized spacial score (nSPS) is 20.4. The van der Waals surface area contributed by atoms with Crippen molar-refractivity contribution < 1.29 is 24.2 Å². The first kappa shape index (κ1) is 37.4. The van der Waals surface area contributed by atoms with Gasteiger partial charge in [0.25, 0.3) is 0 Å². The Bertz CT molecular complexity index is 491. The number of esters is 2. The van der Waals surface area contributed by atoms with Gasteiger partial charge < -0.3 is 25.2 Å². The predicted octanol–water partition coefficient (Wildman–Crippen LogP) is 5.10. The van der Waals surface area contributed by atoms with Gasteiger partial charge in [-0.25, -0.2) is 0 Å². The number of unbranched alkanes of at least 4 members (excludes halogenated alkanes) is 1. The molecule has 0 saturated heterocycles. The molecule has 0 bridgehead atoms. The average Bonchev–Trinajstić information content (AvgIpc) is 2.71. The molecule has 0 aromatic carbocycles. The lowest BCUT2D eigenvalue weighted by atomic mass is 9.62. The quantitative estimate of drug-likeness (QED) is 0.259. The minimum Gasteiger partial charge on any atom is -0.466 e. The molecular weight excluding hydrogens is 432 g/mol. The van der Waals surface area contributed by atoms with Crippen molar-refractivity contribution in [1.29, 1.82) is 0 Å². The predicted molar refractivity (Wildman–Crippen MR) is 143 cm³/mol. The van der Waals surface area contributed by atoms with Crippen LogP contribution in [0, 0.1) is 10.8 Å². The van der Waals surface area contributed by atoms with Crippen LogP contribution in [0.25, 0.3) is 0 Å². The van der Waals surface area contributed by atoms with Gasteiger partial charge in [-0.2, -0.15) is 0 Å².